The van der Waals surface area contributed by atoms with Crippen molar-refractivity contribution in [2.75, 3.05) is 57.8 Å². The lowest BCUT2D eigenvalue weighted by Gasteiger charge is -2.37. The Bertz CT molecular complexity index is 1150. The smallest absolute Gasteiger partial charge is 0.341 e. The number of carbonyl (C=O) groups is 1. The van der Waals surface area contributed by atoms with Crippen LogP contribution in [0.2, 0.25) is 0 Å². The number of ether oxygens (including phenoxy) is 1. The van der Waals surface area contributed by atoms with E-state index in [0.29, 0.717) is 30.6 Å². The number of hydrogen-bond donors (Lipinski definition) is 1. The van der Waals surface area contributed by atoms with Crippen molar-refractivity contribution in [2.45, 2.75) is 12.5 Å². The fourth-order valence-corrected chi connectivity index (χ4v) is 4.63. The molecule has 190 valence electrons. The number of hydrazone groups is 1. The first-order valence-corrected chi connectivity index (χ1v) is 12.1. The van der Waals surface area contributed by atoms with Crippen LogP contribution in [-0.2, 0) is 4.74 Å². The SMILES string of the molecule is O=C(N1CC(=Cc2cc(NCCN3CCOCC3)ccc2F)C1)N1N=CCC1c1cc(F)cc(F)c1. The minimum absolute atomic E-state index is 0.330. The third-order valence-corrected chi connectivity index (χ3v) is 6.57. The molecule has 2 aromatic carbocycles. The Hall–Kier alpha value is -3.37. The number of amides is 2. The molecule has 0 bridgehead atoms. The molecule has 36 heavy (non-hydrogen) atoms. The molecule has 5 rings (SSSR count). The largest absolute Gasteiger partial charge is 0.384 e. The number of rotatable bonds is 6. The van der Waals surface area contributed by atoms with Crippen LogP contribution in [0.3, 0.4) is 0 Å². The van der Waals surface area contributed by atoms with E-state index in [1.165, 1.54) is 23.2 Å². The van der Waals surface area contributed by atoms with Crippen LogP contribution in [0.4, 0.5) is 23.7 Å². The van der Waals surface area contributed by atoms with E-state index in [1.54, 1.807) is 29.3 Å². The lowest BCUT2D eigenvalue weighted by molar-refractivity contribution is 0.0398. The molecular weight excluding hydrogens is 471 g/mol. The number of hydrogen-bond acceptors (Lipinski definition) is 5. The summed E-state index contributed by atoms with van der Waals surface area (Å²) in [4.78, 5) is 16.9. The van der Waals surface area contributed by atoms with Crippen molar-refractivity contribution >= 4 is 24.0 Å². The van der Waals surface area contributed by atoms with Crippen LogP contribution >= 0.6 is 0 Å². The molecule has 1 N–H and O–H groups in total. The topological polar surface area (TPSA) is 60.4 Å². The Morgan fingerprint density at radius 2 is 1.83 bits per heavy atom. The molecule has 7 nitrogen and oxygen atoms in total. The van der Waals surface area contributed by atoms with Crippen LogP contribution in [0.1, 0.15) is 23.6 Å². The number of benzene rings is 2. The predicted octanol–water partition coefficient (Wildman–Crippen LogP) is 4.10. The number of nitrogens with zero attached hydrogens (tertiary/aromatic N) is 4. The average Bonchev–Trinajstić information content (AvgIpc) is 3.33. The summed E-state index contributed by atoms with van der Waals surface area (Å²) in [6.07, 6.45) is 3.70. The van der Waals surface area contributed by atoms with Gasteiger partial charge in [0.1, 0.15) is 17.5 Å². The number of carbonyl (C=O) groups excluding carboxylic acids is 1. The van der Waals surface area contributed by atoms with Crippen molar-refractivity contribution in [3.05, 3.63) is 70.5 Å². The summed E-state index contributed by atoms with van der Waals surface area (Å²) in [6, 6.07) is 7.24. The van der Waals surface area contributed by atoms with Gasteiger partial charge in [-0.25, -0.2) is 23.0 Å². The maximum Gasteiger partial charge on any atom is 0.341 e. The highest BCUT2D eigenvalue weighted by atomic mass is 19.1. The van der Waals surface area contributed by atoms with Crippen molar-refractivity contribution in [1.82, 2.24) is 14.8 Å². The Morgan fingerprint density at radius 1 is 1.08 bits per heavy atom. The minimum Gasteiger partial charge on any atom is -0.384 e. The lowest BCUT2D eigenvalue weighted by Crippen LogP contribution is -2.49. The van der Waals surface area contributed by atoms with Gasteiger partial charge in [-0.3, -0.25) is 4.90 Å². The Kier molecular flexibility index (Phi) is 7.24. The Labute approximate surface area is 207 Å². The molecule has 0 spiro atoms. The van der Waals surface area contributed by atoms with E-state index in [9.17, 15) is 18.0 Å². The fraction of sp³-hybridized carbons (Fsp3) is 0.385. The standard InChI is InChI=1S/C26H28F3N5O2/c27-21-12-20(13-22(28)15-21)25-3-4-31-34(25)26(35)33-16-18(17-33)11-19-14-23(1-2-24(19)29)30-5-6-32-7-9-36-10-8-32/h1-2,4,11-15,25,30H,3,5-10,16-17H2. The van der Waals surface area contributed by atoms with Crippen molar-refractivity contribution in [3.63, 3.8) is 0 Å². The molecule has 2 aromatic rings. The first-order valence-electron chi connectivity index (χ1n) is 12.1. The van der Waals surface area contributed by atoms with Gasteiger partial charge in [0.05, 0.1) is 19.3 Å². The lowest BCUT2D eigenvalue weighted by atomic mass is 10.0. The minimum atomic E-state index is -0.696. The number of urea groups is 1. The predicted molar refractivity (Wildman–Crippen MR) is 131 cm³/mol. The molecule has 2 amide bonds. The van der Waals surface area contributed by atoms with Crippen LogP contribution in [0.25, 0.3) is 6.08 Å². The van der Waals surface area contributed by atoms with E-state index >= 15 is 0 Å². The second kappa shape index (κ2) is 10.7. The van der Waals surface area contributed by atoms with Gasteiger partial charge in [0.15, 0.2) is 0 Å². The van der Waals surface area contributed by atoms with E-state index in [0.717, 1.165) is 56.7 Å². The average molecular weight is 500 g/mol. The van der Waals surface area contributed by atoms with Gasteiger partial charge in [-0.05, 0) is 47.5 Å². The summed E-state index contributed by atoms with van der Waals surface area (Å²) in [5, 5.41) is 8.72. The van der Waals surface area contributed by atoms with Crippen LogP contribution in [0.5, 0.6) is 0 Å². The molecule has 0 saturated carbocycles. The highest BCUT2D eigenvalue weighted by Gasteiger charge is 2.35. The normalized spacial score (nSPS) is 20.0. The maximum atomic E-state index is 14.4. The second-order valence-corrected chi connectivity index (χ2v) is 9.16. The third kappa shape index (κ3) is 5.55. The number of anilines is 1. The summed E-state index contributed by atoms with van der Waals surface area (Å²) in [5.74, 6) is -1.72. The second-order valence-electron chi connectivity index (χ2n) is 9.16. The number of halogens is 3. The van der Waals surface area contributed by atoms with Crippen molar-refractivity contribution in [1.29, 1.82) is 0 Å². The number of likely N-dealkylation sites (tertiary alicyclic amines) is 1. The highest BCUT2D eigenvalue weighted by Crippen LogP contribution is 2.32. The zero-order valence-electron chi connectivity index (χ0n) is 19.8. The monoisotopic (exact) mass is 499 g/mol. The van der Waals surface area contributed by atoms with Gasteiger partial charge in [0.25, 0.3) is 0 Å². The zero-order valence-corrected chi connectivity index (χ0v) is 19.8. The van der Waals surface area contributed by atoms with Crippen LogP contribution < -0.4 is 5.32 Å². The van der Waals surface area contributed by atoms with Crippen molar-refractivity contribution < 1.29 is 22.7 Å². The van der Waals surface area contributed by atoms with Gasteiger partial charge in [-0.15, -0.1) is 0 Å². The van der Waals surface area contributed by atoms with Crippen LogP contribution in [0.15, 0.2) is 47.1 Å². The van der Waals surface area contributed by atoms with Crippen molar-refractivity contribution in [2.24, 2.45) is 5.10 Å². The molecule has 3 heterocycles. The van der Waals surface area contributed by atoms with Crippen LogP contribution in [0, 0.1) is 17.5 Å². The number of morpholine rings is 1. The Balaban J connectivity index is 1.17. The highest BCUT2D eigenvalue weighted by molar-refractivity contribution is 5.81. The molecule has 0 aliphatic carbocycles. The van der Waals surface area contributed by atoms with E-state index < -0.39 is 17.7 Å². The first-order chi connectivity index (χ1) is 17.5. The van der Waals surface area contributed by atoms with E-state index in [4.69, 9.17) is 4.74 Å². The summed E-state index contributed by atoms with van der Waals surface area (Å²) >= 11 is 0. The van der Waals surface area contributed by atoms with Crippen LogP contribution in [-0.4, -0.2) is 79.5 Å². The quantitative estimate of drug-likeness (QED) is 0.650. The van der Waals surface area contributed by atoms with Gasteiger partial charge in [0.2, 0.25) is 0 Å². The summed E-state index contributed by atoms with van der Waals surface area (Å²) in [5.41, 5.74) is 2.56. The molecule has 0 radical (unpaired) electrons. The molecule has 2 saturated heterocycles. The molecule has 0 aromatic heterocycles. The first kappa shape index (κ1) is 24.3. The van der Waals surface area contributed by atoms with E-state index in [1.807, 2.05) is 0 Å². The van der Waals surface area contributed by atoms with E-state index in [-0.39, 0.29) is 11.8 Å². The summed E-state index contributed by atoms with van der Waals surface area (Å²) in [7, 11) is 0. The molecular formula is C26H28F3N5O2. The molecule has 1 atom stereocenters. The Morgan fingerprint density at radius 3 is 2.58 bits per heavy atom. The van der Waals surface area contributed by atoms with Gasteiger partial charge in [0, 0.05) is 69.2 Å². The summed E-state index contributed by atoms with van der Waals surface area (Å²) < 4.78 is 47.2. The van der Waals surface area contributed by atoms with Gasteiger partial charge in [-0.1, -0.05) is 0 Å². The zero-order chi connectivity index (χ0) is 25.1. The molecule has 10 heteroatoms. The molecule has 3 aliphatic heterocycles. The fourth-order valence-electron chi connectivity index (χ4n) is 4.63. The van der Waals surface area contributed by atoms with Gasteiger partial charge < -0.3 is 15.0 Å². The van der Waals surface area contributed by atoms with Crippen molar-refractivity contribution in [3.8, 4) is 0 Å². The maximum absolute atomic E-state index is 14.4. The van der Waals surface area contributed by atoms with E-state index in [2.05, 4.69) is 15.3 Å². The summed E-state index contributed by atoms with van der Waals surface area (Å²) in [6.45, 7) is 5.64. The molecule has 3 aliphatic rings. The van der Waals surface area contributed by atoms with Gasteiger partial charge >= 0.3 is 6.03 Å². The molecule has 2 fully saturated rings. The molecule has 1 unspecified atom stereocenters. The third-order valence-electron chi connectivity index (χ3n) is 6.57. The number of nitrogens with one attached hydrogen (secondary N) is 1. The van der Waals surface area contributed by atoms with Gasteiger partial charge in [-0.2, -0.15) is 5.10 Å².